The first kappa shape index (κ1) is 17.1. The van der Waals surface area contributed by atoms with Crippen LogP contribution in [0.3, 0.4) is 0 Å². The number of benzene rings is 1. The molecule has 1 aliphatic heterocycles. The Bertz CT molecular complexity index is 908. The van der Waals surface area contributed by atoms with Crippen molar-refractivity contribution in [2.45, 2.75) is 12.5 Å². The van der Waals surface area contributed by atoms with Crippen molar-refractivity contribution < 1.29 is 9.53 Å². The van der Waals surface area contributed by atoms with Crippen LogP contribution in [0.4, 0.5) is 5.82 Å². The third kappa shape index (κ3) is 3.76. The maximum atomic E-state index is 12.3. The predicted octanol–water partition coefficient (Wildman–Crippen LogP) is 2.49. The van der Waals surface area contributed by atoms with Crippen molar-refractivity contribution in [3.05, 3.63) is 60.4 Å². The van der Waals surface area contributed by atoms with Crippen LogP contribution >= 0.6 is 0 Å². The first-order valence-electron chi connectivity index (χ1n) is 8.88. The molecule has 1 saturated heterocycles. The lowest BCUT2D eigenvalue weighted by molar-refractivity contribution is 0.0940. The van der Waals surface area contributed by atoms with E-state index in [-0.39, 0.29) is 11.9 Å². The van der Waals surface area contributed by atoms with Gasteiger partial charge in [-0.05, 0) is 48.4 Å². The Labute approximate surface area is 157 Å². The topological polar surface area (TPSA) is 83.1 Å². The summed E-state index contributed by atoms with van der Waals surface area (Å²) in [5, 5.41) is 10.6. The Morgan fingerprint density at radius 1 is 1.22 bits per heavy atom. The Hall–Kier alpha value is -3.35. The number of aromatic nitrogens is 3. The lowest BCUT2D eigenvalue weighted by Crippen LogP contribution is -2.37. The zero-order chi connectivity index (χ0) is 18.6. The molecule has 1 atom stereocenters. The molecule has 1 aliphatic rings. The number of hydrogen-bond donors (Lipinski definition) is 2. The highest BCUT2D eigenvalue weighted by molar-refractivity contribution is 5.94. The number of nitrogens with zero attached hydrogens (tertiary/aromatic N) is 3. The Morgan fingerprint density at radius 3 is 2.74 bits per heavy atom. The van der Waals surface area contributed by atoms with Crippen LogP contribution in [0.25, 0.3) is 11.3 Å². The minimum Gasteiger partial charge on any atom is -0.497 e. The van der Waals surface area contributed by atoms with Crippen molar-refractivity contribution in [2.75, 3.05) is 25.1 Å². The molecule has 0 radical (unpaired) electrons. The van der Waals surface area contributed by atoms with E-state index in [0.29, 0.717) is 5.56 Å². The number of nitrogens with one attached hydrogen (secondary N) is 2. The summed E-state index contributed by atoms with van der Waals surface area (Å²) < 4.78 is 5.19. The first-order valence-corrected chi connectivity index (χ1v) is 8.88. The minimum atomic E-state index is -0.0646. The van der Waals surface area contributed by atoms with Crippen LogP contribution < -0.4 is 15.0 Å². The second-order valence-electron chi connectivity index (χ2n) is 6.51. The zero-order valence-electron chi connectivity index (χ0n) is 15.1. The van der Waals surface area contributed by atoms with E-state index in [4.69, 9.17) is 4.74 Å². The van der Waals surface area contributed by atoms with Crippen LogP contribution in [-0.4, -0.2) is 47.3 Å². The number of amides is 1. The molecule has 7 heteroatoms. The average Bonchev–Trinajstić information content (AvgIpc) is 3.38. The van der Waals surface area contributed by atoms with Crippen LogP contribution in [0.5, 0.6) is 5.75 Å². The predicted molar refractivity (Wildman–Crippen MR) is 103 cm³/mol. The molecular formula is C20H21N5O2. The average molecular weight is 363 g/mol. The van der Waals surface area contributed by atoms with Gasteiger partial charge < -0.3 is 15.0 Å². The summed E-state index contributed by atoms with van der Waals surface area (Å²) in [5.41, 5.74) is 2.64. The zero-order valence-corrected chi connectivity index (χ0v) is 15.1. The maximum absolute atomic E-state index is 12.3. The van der Waals surface area contributed by atoms with Gasteiger partial charge in [0, 0.05) is 43.2 Å². The third-order valence-corrected chi connectivity index (χ3v) is 4.76. The van der Waals surface area contributed by atoms with Crippen molar-refractivity contribution in [2.24, 2.45) is 0 Å². The number of hydrogen-bond acceptors (Lipinski definition) is 5. The van der Waals surface area contributed by atoms with E-state index >= 15 is 0 Å². The van der Waals surface area contributed by atoms with Gasteiger partial charge in [-0.25, -0.2) is 0 Å². The van der Waals surface area contributed by atoms with Crippen molar-refractivity contribution in [3.63, 3.8) is 0 Å². The molecule has 4 rings (SSSR count). The van der Waals surface area contributed by atoms with Gasteiger partial charge in [-0.3, -0.25) is 14.9 Å². The number of ether oxygens (including phenoxy) is 1. The maximum Gasteiger partial charge on any atom is 0.251 e. The van der Waals surface area contributed by atoms with E-state index in [9.17, 15) is 4.79 Å². The SMILES string of the molecule is COc1ccc(-c2cc(N3CC[C@H](NC(=O)c4ccncc4)C3)n[nH]2)cc1. The number of pyridine rings is 1. The van der Waals surface area contributed by atoms with Crippen LogP contribution in [0, 0.1) is 0 Å². The quantitative estimate of drug-likeness (QED) is 0.728. The van der Waals surface area contributed by atoms with Gasteiger partial charge in [0.05, 0.1) is 12.8 Å². The number of aromatic amines is 1. The monoisotopic (exact) mass is 363 g/mol. The van der Waals surface area contributed by atoms with E-state index in [1.165, 1.54) is 0 Å². The van der Waals surface area contributed by atoms with Crippen molar-refractivity contribution >= 4 is 11.7 Å². The molecule has 1 aromatic carbocycles. The van der Waals surface area contributed by atoms with E-state index in [2.05, 4.69) is 25.4 Å². The molecule has 0 unspecified atom stereocenters. The second kappa shape index (κ2) is 7.49. The molecule has 3 heterocycles. The number of carbonyl (C=O) groups is 1. The molecule has 0 bridgehead atoms. The van der Waals surface area contributed by atoms with Gasteiger partial charge in [0.2, 0.25) is 0 Å². The number of methoxy groups -OCH3 is 1. The lowest BCUT2D eigenvalue weighted by atomic mass is 10.1. The Kier molecular flexibility index (Phi) is 4.74. The number of anilines is 1. The highest BCUT2D eigenvalue weighted by Gasteiger charge is 2.26. The van der Waals surface area contributed by atoms with Gasteiger partial charge in [0.15, 0.2) is 5.82 Å². The minimum absolute atomic E-state index is 0.0646. The Morgan fingerprint density at radius 2 is 2.00 bits per heavy atom. The molecular weight excluding hydrogens is 342 g/mol. The first-order chi connectivity index (χ1) is 13.2. The van der Waals surface area contributed by atoms with Crippen molar-refractivity contribution in [1.29, 1.82) is 0 Å². The van der Waals surface area contributed by atoms with Gasteiger partial charge in [-0.15, -0.1) is 0 Å². The van der Waals surface area contributed by atoms with Gasteiger partial charge >= 0.3 is 0 Å². The molecule has 2 aromatic heterocycles. The summed E-state index contributed by atoms with van der Waals surface area (Å²) in [6.45, 7) is 1.60. The number of rotatable bonds is 5. The smallest absolute Gasteiger partial charge is 0.251 e. The van der Waals surface area contributed by atoms with Crippen LogP contribution in [0.2, 0.25) is 0 Å². The summed E-state index contributed by atoms with van der Waals surface area (Å²) >= 11 is 0. The molecule has 27 heavy (non-hydrogen) atoms. The highest BCUT2D eigenvalue weighted by atomic mass is 16.5. The number of H-pyrrole nitrogens is 1. The molecule has 1 amide bonds. The second-order valence-corrected chi connectivity index (χ2v) is 6.51. The lowest BCUT2D eigenvalue weighted by Gasteiger charge is -2.16. The van der Waals surface area contributed by atoms with Crippen LogP contribution in [0.15, 0.2) is 54.9 Å². The van der Waals surface area contributed by atoms with E-state index in [1.807, 2.05) is 30.3 Å². The van der Waals surface area contributed by atoms with E-state index in [1.54, 1.807) is 31.6 Å². The summed E-state index contributed by atoms with van der Waals surface area (Å²) in [4.78, 5) is 18.4. The van der Waals surface area contributed by atoms with Crippen molar-refractivity contribution in [1.82, 2.24) is 20.5 Å². The van der Waals surface area contributed by atoms with E-state index in [0.717, 1.165) is 42.3 Å². The van der Waals surface area contributed by atoms with E-state index < -0.39 is 0 Å². The summed E-state index contributed by atoms with van der Waals surface area (Å²) in [6.07, 6.45) is 4.14. The molecule has 0 spiro atoms. The van der Waals surface area contributed by atoms with Crippen molar-refractivity contribution in [3.8, 4) is 17.0 Å². The number of carbonyl (C=O) groups excluding carboxylic acids is 1. The molecule has 0 aliphatic carbocycles. The molecule has 1 fully saturated rings. The van der Waals surface area contributed by atoms with Crippen LogP contribution in [-0.2, 0) is 0 Å². The van der Waals surface area contributed by atoms with Crippen LogP contribution in [0.1, 0.15) is 16.8 Å². The van der Waals surface area contributed by atoms with Gasteiger partial charge in [0.25, 0.3) is 5.91 Å². The molecule has 0 saturated carbocycles. The summed E-state index contributed by atoms with van der Waals surface area (Å²) in [7, 11) is 1.65. The summed E-state index contributed by atoms with van der Waals surface area (Å²) in [6, 6.07) is 13.4. The largest absolute Gasteiger partial charge is 0.497 e. The Balaban J connectivity index is 1.39. The molecule has 2 N–H and O–H groups in total. The standard InChI is InChI=1S/C20H21N5O2/c1-27-17-4-2-14(3-5-17)18-12-19(24-23-18)25-11-8-16(13-25)22-20(26)15-6-9-21-10-7-15/h2-7,9-10,12,16H,8,11,13H2,1H3,(H,22,26)(H,23,24)/t16-/m0/s1. The fourth-order valence-corrected chi connectivity index (χ4v) is 3.25. The molecule has 3 aromatic rings. The van der Waals surface area contributed by atoms with Gasteiger partial charge in [-0.2, -0.15) is 5.10 Å². The van der Waals surface area contributed by atoms with Gasteiger partial charge in [0.1, 0.15) is 5.75 Å². The fourth-order valence-electron chi connectivity index (χ4n) is 3.25. The molecule has 138 valence electrons. The normalized spacial score (nSPS) is 16.3. The highest BCUT2D eigenvalue weighted by Crippen LogP contribution is 2.26. The fraction of sp³-hybridized carbons (Fsp3) is 0.250. The molecule has 7 nitrogen and oxygen atoms in total. The third-order valence-electron chi connectivity index (χ3n) is 4.76. The van der Waals surface area contributed by atoms with Gasteiger partial charge in [-0.1, -0.05) is 0 Å². The summed E-state index contributed by atoms with van der Waals surface area (Å²) in [5.74, 6) is 1.65.